The zero-order chi connectivity index (χ0) is 24.1. The maximum absolute atomic E-state index is 13.7. The molecule has 2 aliphatic heterocycles. The Morgan fingerprint density at radius 1 is 1.15 bits per heavy atom. The van der Waals surface area contributed by atoms with Gasteiger partial charge in [-0.05, 0) is 30.5 Å². The second-order valence-electron chi connectivity index (χ2n) is 8.93. The number of benzene rings is 2. The number of phenolic OH excluding ortho intramolecular Hbond substituents is 2. The van der Waals surface area contributed by atoms with E-state index in [0.29, 0.717) is 5.75 Å². The molecule has 33 heavy (non-hydrogen) atoms. The van der Waals surface area contributed by atoms with Gasteiger partial charge in [-0.1, -0.05) is 32.0 Å². The number of carbonyl (C=O) groups is 3. The van der Waals surface area contributed by atoms with Gasteiger partial charge in [0.15, 0.2) is 0 Å². The van der Waals surface area contributed by atoms with Crippen molar-refractivity contribution in [1.82, 2.24) is 5.32 Å². The average Bonchev–Trinajstić information content (AvgIpc) is 3.22. The lowest BCUT2D eigenvalue weighted by atomic mass is 9.75. The van der Waals surface area contributed by atoms with E-state index < -0.39 is 41.2 Å². The van der Waals surface area contributed by atoms with Crippen LogP contribution < -0.4 is 15.0 Å². The molecule has 0 aliphatic carbocycles. The van der Waals surface area contributed by atoms with E-state index in [9.17, 15) is 29.7 Å². The normalized spacial score (nSPS) is 26.7. The van der Waals surface area contributed by atoms with Gasteiger partial charge in [0.25, 0.3) is 0 Å². The minimum absolute atomic E-state index is 0.0949. The highest BCUT2D eigenvalue weighted by Gasteiger charge is 2.69. The fraction of sp³-hybridized carbons (Fsp3) is 0.375. The van der Waals surface area contributed by atoms with Gasteiger partial charge in [0.05, 0.1) is 24.6 Å². The number of aliphatic carboxylic acids is 1. The zero-order valence-corrected chi connectivity index (χ0v) is 18.5. The van der Waals surface area contributed by atoms with Crippen LogP contribution in [-0.2, 0) is 14.4 Å². The molecule has 174 valence electrons. The molecule has 0 spiro atoms. The summed E-state index contributed by atoms with van der Waals surface area (Å²) in [5, 5.41) is 33.6. The number of carboxylic acids is 1. The summed E-state index contributed by atoms with van der Waals surface area (Å²) in [5.74, 6) is -5.01. The Hall–Kier alpha value is -3.59. The Balaban J connectivity index is 1.91. The Morgan fingerprint density at radius 3 is 2.45 bits per heavy atom. The first kappa shape index (κ1) is 22.6. The number of anilines is 1. The summed E-state index contributed by atoms with van der Waals surface area (Å²) < 4.78 is 5.34. The Bertz CT molecular complexity index is 1130. The van der Waals surface area contributed by atoms with Crippen molar-refractivity contribution in [3.8, 4) is 17.2 Å². The monoisotopic (exact) mass is 454 g/mol. The molecular weight excluding hydrogens is 428 g/mol. The maximum atomic E-state index is 13.7. The van der Waals surface area contributed by atoms with Gasteiger partial charge in [-0.3, -0.25) is 19.7 Å². The predicted octanol–water partition coefficient (Wildman–Crippen LogP) is 2.43. The number of amides is 2. The second kappa shape index (κ2) is 8.08. The van der Waals surface area contributed by atoms with E-state index in [0.717, 1.165) is 11.0 Å². The number of carboxylic acid groups (broad SMARTS) is 1. The van der Waals surface area contributed by atoms with Gasteiger partial charge >= 0.3 is 5.97 Å². The fourth-order valence-electron chi connectivity index (χ4n) is 5.23. The van der Waals surface area contributed by atoms with E-state index in [1.54, 1.807) is 24.3 Å². The van der Waals surface area contributed by atoms with Gasteiger partial charge in [0.1, 0.15) is 22.8 Å². The van der Waals surface area contributed by atoms with Gasteiger partial charge in [0.2, 0.25) is 11.8 Å². The summed E-state index contributed by atoms with van der Waals surface area (Å²) in [4.78, 5) is 41.1. The van der Waals surface area contributed by atoms with Crippen LogP contribution in [0.3, 0.4) is 0 Å². The van der Waals surface area contributed by atoms with E-state index in [2.05, 4.69) is 5.32 Å². The van der Waals surface area contributed by atoms with E-state index in [1.807, 2.05) is 13.8 Å². The quantitative estimate of drug-likeness (QED) is 0.489. The van der Waals surface area contributed by atoms with Crippen LogP contribution in [0.2, 0.25) is 0 Å². The van der Waals surface area contributed by atoms with Gasteiger partial charge < -0.3 is 20.1 Å². The SMILES string of the molecule is COc1ccccc1N1C(=O)[C@H]2[C@@H](C1=O)[C@@](CC(C)C)(C(=O)O)N[C@H]2c1ccc(O)cc1O. The van der Waals surface area contributed by atoms with Crippen molar-refractivity contribution in [2.24, 2.45) is 17.8 Å². The summed E-state index contributed by atoms with van der Waals surface area (Å²) in [6, 6.07) is 9.48. The van der Waals surface area contributed by atoms with Gasteiger partial charge in [-0.2, -0.15) is 0 Å². The van der Waals surface area contributed by atoms with Crippen molar-refractivity contribution in [3.63, 3.8) is 0 Å². The average molecular weight is 454 g/mol. The summed E-state index contributed by atoms with van der Waals surface area (Å²) in [6.45, 7) is 3.68. The highest BCUT2D eigenvalue weighted by atomic mass is 16.5. The van der Waals surface area contributed by atoms with Crippen LogP contribution in [-0.4, -0.2) is 45.8 Å². The second-order valence-corrected chi connectivity index (χ2v) is 8.93. The molecule has 2 aliphatic rings. The molecule has 4 N–H and O–H groups in total. The number of imide groups is 1. The number of ether oxygens (including phenoxy) is 1. The van der Waals surface area contributed by atoms with E-state index in [1.165, 1.54) is 19.2 Å². The summed E-state index contributed by atoms with van der Waals surface area (Å²) >= 11 is 0. The lowest BCUT2D eigenvalue weighted by Gasteiger charge is -2.32. The van der Waals surface area contributed by atoms with Crippen LogP contribution >= 0.6 is 0 Å². The molecule has 2 aromatic rings. The number of rotatable bonds is 6. The highest BCUT2D eigenvalue weighted by Crippen LogP contribution is 2.53. The number of hydrogen-bond acceptors (Lipinski definition) is 7. The van der Waals surface area contributed by atoms with Crippen LogP contribution in [0, 0.1) is 17.8 Å². The fourth-order valence-corrected chi connectivity index (χ4v) is 5.23. The molecule has 0 unspecified atom stereocenters. The van der Waals surface area contributed by atoms with Crippen molar-refractivity contribution in [3.05, 3.63) is 48.0 Å². The maximum Gasteiger partial charge on any atom is 0.324 e. The molecule has 4 atom stereocenters. The standard InChI is InChI=1S/C24H26N2O7/c1-12(2)11-24(23(31)32)19-18(20(25-24)14-9-8-13(27)10-16(14)28)21(29)26(22(19)30)15-6-4-5-7-17(15)33-3/h4-10,12,18-20,25,27-28H,11H2,1-3H3,(H,31,32)/t18-,19-,20-,24-/m0/s1. The van der Waals surface area contributed by atoms with Crippen LogP contribution in [0.1, 0.15) is 31.9 Å². The number of para-hydroxylation sites is 2. The third kappa shape index (κ3) is 3.39. The Kier molecular flexibility index (Phi) is 5.53. The van der Waals surface area contributed by atoms with E-state index >= 15 is 0 Å². The molecule has 2 heterocycles. The molecule has 2 saturated heterocycles. The lowest BCUT2D eigenvalue weighted by Crippen LogP contribution is -2.56. The largest absolute Gasteiger partial charge is 0.508 e. The first-order valence-electron chi connectivity index (χ1n) is 10.7. The summed E-state index contributed by atoms with van der Waals surface area (Å²) in [6.07, 6.45) is 0.0949. The van der Waals surface area contributed by atoms with Gasteiger partial charge in [0, 0.05) is 17.7 Å². The molecular formula is C24H26N2O7. The Labute approximate surface area is 190 Å². The number of phenols is 2. The summed E-state index contributed by atoms with van der Waals surface area (Å²) in [5.41, 5.74) is -1.25. The predicted molar refractivity (Wildman–Crippen MR) is 118 cm³/mol. The van der Waals surface area contributed by atoms with Crippen molar-refractivity contribution in [2.75, 3.05) is 12.0 Å². The lowest BCUT2D eigenvalue weighted by molar-refractivity contribution is -0.149. The molecule has 0 bridgehead atoms. The minimum Gasteiger partial charge on any atom is -0.508 e. The number of nitrogens with zero attached hydrogens (tertiary/aromatic N) is 1. The summed E-state index contributed by atoms with van der Waals surface area (Å²) in [7, 11) is 1.42. The highest BCUT2D eigenvalue weighted by molar-refractivity contribution is 6.24. The molecule has 4 rings (SSSR count). The number of aromatic hydroxyl groups is 2. The van der Waals surface area contributed by atoms with Crippen molar-refractivity contribution >= 4 is 23.5 Å². The number of methoxy groups -OCH3 is 1. The van der Waals surface area contributed by atoms with Crippen molar-refractivity contribution in [2.45, 2.75) is 31.8 Å². The molecule has 0 aromatic heterocycles. The Morgan fingerprint density at radius 2 is 1.85 bits per heavy atom. The first-order chi connectivity index (χ1) is 15.6. The zero-order valence-electron chi connectivity index (χ0n) is 18.5. The third-order valence-electron chi connectivity index (χ3n) is 6.44. The number of nitrogens with one attached hydrogen (secondary N) is 1. The molecule has 0 radical (unpaired) electrons. The molecule has 2 amide bonds. The smallest absolute Gasteiger partial charge is 0.324 e. The first-order valence-corrected chi connectivity index (χ1v) is 10.7. The molecule has 2 aromatic carbocycles. The van der Waals surface area contributed by atoms with Gasteiger partial charge in [-0.25, -0.2) is 4.90 Å². The molecule has 9 heteroatoms. The topological polar surface area (TPSA) is 136 Å². The third-order valence-corrected chi connectivity index (χ3v) is 6.44. The molecule has 0 saturated carbocycles. The van der Waals surface area contributed by atoms with E-state index in [-0.39, 0.29) is 35.1 Å². The van der Waals surface area contributed by atoms with Crippen molar-refractivity contribution < 1.29 is 34.4 Å². The van der Waals surface area contributed by atoms with Gasteiger partial charge in [-0.15, -0.1) is 0 Å². The number of fused-ring (bicyclic) bond motifs is 1. The number of hydrogen-bond donors (Lipinski definition) is 4. The minimum atomic E-state index is -1.72. The number of carbonyl (C=O) groups excluding carboxylic acids is 2. The van der Waals surface area contributed by atoms with E-state index in [4.69, 9.17) is 4.74 Å². The van der Waals surface area contributed by atoms with Crippen LogP contribution in [0.4, 0.5) is 5.69 Å². The van der Waals surface area contributed by atoms with Crippen molar-refractivity contribution in [1.29, 1.82) is 0 Å². The molecule has 2 fully saturated rings. The van der Waals surface area contributed by atoms with Crippen LogP contribution in [0.25, 0.3) is 0 Å². The molecule has 9 nitrogen and oxygen atoms in total. The van der Waals surface area contributed by atoms with Crippen LogP contribution in [0.5, 0.6) is 17.2 Å². The van der Waals surface area contributed by atoms with Crippen LogP contribution in [0.15, 0.2) is 42.5 Å².